The van der Waals surface area contributed by atoms with Gasteiger partial charge in [0.15, 0.2) is 6.61 Å². The number of carbonyl (C=O) groups is 1. The Bertz CT molecular complexity index is 1180. The number of aryl methyl sites for hydroxylation is 2. The molecule has 1 heterocycles. The molecule has 0 bridgehead atoms. The molecule has 150 valence electrons. The topological polar surface area (TPSA) is 77.2 Å². The van der Waals surface area contributed by atoms with E-state index in [4.69, 9.17) is 9.26 Å². The second kappa shape index (κ2) is 8.61. The van der Waals surface area contributed by atoms with Crippen LogP contribution in [0.5, 0.6) is 5.75 Å². The van der Waals surface area contributed by atoms with Crippen LogP contribution in [-0.4, -0.2) is 22.7 Å². The molecule has 3 aromatic carbocycles. The highest BCUT2D eigenvalue weighted by molar-refractivity contribution is 5.91. The molecule has 0 radical (unpaired) electrons. The molecule has 0 atom stereocenters. The van der Waals surface area contributed by atoms with Gasteiger partial charge in [-0.25, -0.2) is 0 Å². The van der Waals surface area contributed by atoms with Crippen molar-refractivity contribution in [3.8, 4) is 28.6 Å². The van der Waals surface area contributed by atoms with Gasteiger partial charge in [0.25, 0.3) is 11.8 Å². The monoisotopic (exact) mass is 399 g/mol. The van der Waals surface area contributed by atoms with Crippen LogP contribution in [0, 0.1) is 13.8 Å². The number of benzene rings is 3. The smallest absolute Gasteiger partial charge is 0.262 e. The van der Waals surface area contributed by atoms with Crippen molar-refractivity contribution in [2.45, 2.75) is 13.8 Å². The van der Waals surface area contributed by atoms with Crippen LogP contribution in [0.15, 0.2) is 77.3 Å². The van der Waals surface area contributed by atoms with E-state index in [9.17, 15) is 4.79 Å². The first-order chi connectivity index (χ1) is 14.6. The number of nitrogens with one attached hydrogen (secondary N) is 1. The minimum atomic E-state index is -0.229. The highest BCUT2D eigenvalue weighted by Gasteiger charge is 2.13. The first-order valence-corrected chi connectivity index (χ1v) is 9.58. The summed E-state index contributed by atoms with van der Waals surface area (Å²) >= 11 is 0. The van der Waals surface area contributed by atoms with Gasteiger partial charge in [-0.3, -0.25) is 4.79 Å². The molecule has 0 unspecified atom stereocenters. The number of carbonyl (C=O) groups excluding carboxylic acids is 1. The lowest BCUT2D eigenvalue weighted by molar-refractivity contribution is -0.118. The fourth-order valence-corrected chi connectivity index (χ4v) is 3.06. The quantitative estimate of drug-likeness (QED) is 0.492. The molecule has 6 heteroatoms. The normalized spacial score (nSPS) is 10.6. The Balaban J connectivity index is 1.43. The zero-order valence-corrected chi connectivity index (χ0v) is 16.8. The van der Waals surface area contributed by atoms with Crippen molar-refractivity contribution in [1.29, 1.82) is 0 Å². The number of rotatable bonds is 6. The Morgan fingerprint density at radius 1 is 1.00 bits per heavy atom. The summed E-state index contributed by atoms with van der Waals surface area (Å²) in [5, 5.41) is 6.91. The number of aromatic nitrogens is 2. The van der Waals surface area contributed by atoms with E-state index in [-0.39, 0.29) is 12.5 Å². The van der Waals surface area contributed by atoms with Gasteiger partial charge in [-0.2, -0.15) is 4.98 Å². The van der Waals surface area contributed by atoms with E-state index in [1.165, 1.54) is 0 Å². The van der Waals surface area contributed by atoms with Gasteiger partial charge in [-0.1, -0.05) is 47.6 Å². The molecule has 1 N–H and O–H groups in total. The molecule has 4 aromatic rings. The van der Waals surface area contributed by atoms with Gasteiger partial charge < -0.3 is 14.6 Å². The van der Waals surface area contributed by atoms with Crippen LogP contribution >= 0.6 is 0 Å². The van der Waals surface area contributed by atoms with Crippen molar-refractivity contribution >= 4 is 11.6 Å². The molecule has 0 aliphatic carbocycles. The lowest BCUT2D eigenvalue weighted by atomic mass is 10.1. The standard InChI is InChI=1S/C24H21N3O3/c1-16-7-5-10-19(13-16)25-22(28)15-29-20-11-6-9-18(14-20)23-26-24(30-27-23)21-12-4-3-8-17(21)2/h3-14H,15H2,1-2H3,(H,25,28). The van der Waals surface area contributed by atoms with E-state index in [0.717, 1.165) is 27.9 Å². The molecule has 0 aliphatic heterocycles. The van der Waals surface area contributed by atoms with Crippen LogP contribution in [0.1, 0.15) is 11.1 Å². The fourth-order valence-electron chi connectivity index (χ4n) is 3.06. The minimum Gasteiger partial charge on any atom is -0.484 e. The average Bonchev–Trinajstić information content (AvgIpc) is 3.23. The predicted molar refractivity (Wildman–Crippen MR) is 115 cm³/mol. The summed E-state index contributed by atoms with van der Waals surface area (Å²) in [6, 6.07) is 22.7. The van der Waals surface area contributed by atoms with E-state index >= 15 is 0 Å². The zero-order chi connectivity index (χ0) is 20.9. The average molecular weight is 399 g/mol. The number of nitrogens with zero attached hydrogens (tertiary/aromatic N) is 2. The highest BCUT2D eigenvalue weighted by Crippen LogP contribution is 2.26. The van der Waals surface area contributed by atoms with E-state index in [2.05, 4.69) is 15.5 Å². The lowest BCUT2D eigenvalue weighted by Gasteiger charge is -2.08. The van der Waals surface area contributed by atoms with Crippen LogP contribution in [-0.2, 0) is 4.79 Å². The molecule has 0 spiro atoms. The Labute approximate surface area is 174 Å². The molecule has 1 aromatic heterocycles. The Kier molecular flexibility index (Phi) is 5.57. The third-order valence-electron chi connectivity index (χ3n) is 4.57. The summed E-state index contributed by atoms with van der Waals surface area (Å²) in [6.45, 7) is 3.87. The maximum absolute atomic E-state index is 12.2. The highest BCUT2D eigenvalue weighted by atomic mass is 16.5. The van der Waals surface area contributed by atoms with Crippen LogP contribution in [0.2, 0.25) is 0 Å². The molecule has 1 amide bonds. The van der Waals surface area contributed by atoms with Crippen LogP contribution < -0.4 is 10.1 Å². The lowest BCUT2D eigenvalue weighted by Crippen LogP contribution is -2.20. The van der Waals surface area contributed by atoms with E-state index in [1.54, 1.807) is 12.1 Å². The minimum absolute atomic E-state index is 0.0991. The van der Waals surface area contributed by atoms with Crippen molar-refractivity contribution in [3.05, 3.63) is 83.9 Å². The molecule has 0 saturated carbocycles. The van der Waals surface area contributed by atoms with Gasteiger partial charge in [-0.05, 0) is 55.3 Å². The summed E-state index contributed by atoms with van der Waals surface area (Å²) in [4.78, 5) is 16.7. The fraction of sp³-hybridized carbons (Fsp3) is 0.125. The van der Waals surface area contributed by atoms with Crippen LogP contribution in [0.3, 0.4) is 0 Å². The number of hydrogen-bond acceptors (Lipinski definition) is 5. The van der Waals surface area contributed by atoms with Crippen LogP contribution in [0.25, 0.3) is 22.8 Å². The van der Waals surface area contributed by atoms with Crippen molar-refractivity contribution < 1.29 is 14.1 Å². The molecule has 0 aliphatic rings. The van der Waals surface area contributed by atoms with Gasteiger partial charge in [0.1, 0.15) is 5.75 Å². The summed E-state index contributed by atoms with van der Waals surface area (Å²) in [6.07, 6.45) is 0. The summed E-state index contributed by atoms with van der Waals surface area (Å²) < 4.78 is 11.1. The Morgan fingerprint density at radius 2 is 1.83 bits per heavy atom. The number of anilines is 1. The second-order valence-electron chi connectivity index (χ2n) is 6.97. The van der Waals surface area contributed by atoms with Gasteiger partial charge in [0.05, 0.1) is 0 Å². The largest absolute Gasteiger partial charge is 0.484 e. The Hall–Kier alpha value is -3.93. The number of amides is 1. The molecule has 0 saturated heterocycles. The summed E-state index contributed by atoms with van der Waals surface area (Å²) in [7, 11) is 0. The van der Waals surface area contributed by atoms with Crippen LogP contribution in [0.4, 0.5) is 5.69 Å². The van der Waals surface area contributed by atoms with Gasteiger partial charge in [0, 0.05) is 16.8 Å². The Morgan fingerprint density at radius 3 is 2.67 bits per heavy atom. The van der Waals surface area contributed by atoms with Crippen molar-refractivity contribution in [1.82, 2.24) is 10.1 Å². The second-order valence-corrected chi connectivity index (χ2v) is 6.97. The van der Waals surface area contributed by atoms with Gasteiger partial charge >= 0.3 is 0 Å². The number of hydrogen-bond donors (Lipinski definition) is 1. The molecule has 4 rings (SSSR count). The maximum Gasteiger partial charge on any atom is 0.262 e. The van der Waals surface area contributed by atoms with Crippen molar-refractivity contribution in [2.24, 2.45) is 0 Å². The third-order valence-corrected chi connectivity index (χ3v) is 4.57. The van der Waals surface area contributed by atoms with Crippen molar-refractivity contribution in [2.75, 3.05) is 11.9 Å². The van der Waals surface area contributed by atoms with Gasteiger partial charge in [0.2, 0.25) is 5.82 Å². The maximum atomic E-state index is 12.2. The molecular weight excluding hydrogens is 378 g/mol. The van der Waals surface area contributed by atoms with Crippen molar-refractivity contribution in [3.63, 3.8) is 0 Å². The SMILES string of the molecule is Cc1cccc(NC(=O)COc2cccc(-c3noc(-c4ccccc4C)n3)c2)c1. The summed E-state index contributed by atoms with van der Waals surface area (Å²) in [5.74, 6) is 1.25. The molecular formula is C24H21N3O3. The first-order valence-electron chi connectivity index (χ1n) is 9.58. The van der Waals surface area contributed by atoms with E-state index < -0.39 is 0 Å². The molecule has 30 heavy (non-hydrogen) atoms. The molecule has 6 nitrogen and oxygen atoms in total. The molecule has 0 fully saturated rings. The third kappa shape index (κ3) is 4.55. The number of ether oxygens (including phenoxy) is 1. The van der Waals surface area contributed by atoms with Gasteiger partial charge in [-0.15, -0.1) is 0 Å². The van der Waals surface area contributed by atoms with E-state index in [1.807, 2.05) is 74.5 Å². The van der Waals surface area contributed by atoms with E-state index in [0.29, 0.717) is 17.5 Å². The summed E-state index contributed by atoms with van der Waals surface area (Å²) in [5.41, 5.74) is 4.52. The zero-order valence-electron chi connectivity index (χ0n) is 16.8. The predicted octanol–water partition coefficient (Wildman–Crippen LogP) is 5.04. The first kappa shape index (κ1) is 19.4.